The van der Waals surface area contributed by atoms with Crippen LogP contribution in [0.25, 0.3) is 0 Å². The van der Waals surface area contributed by atoms with Gasteiger partial charge in [0.2, 0.25) is 0 Å². The number of para-hydroxylation sites is 1. The number of benzene rings is 1. The minimum absolute atomic E-state index is 0.165. The molecule has 2 rings (SSSR count). The Kier molecular flexibility index (Phi) is 4.14. The van der Waals surface area contributed by atoms with Gasteiger partial charge in [0.05, 0.1) is 0 Å². The Morgan fingerprint density at radius 3 is 2.67 bits per heavy atom. The molecule has 1 aromatic rings. The number of nitrogens with zero attached hydrogens (tertiary/aromatic N) is 1. The maximum Gasteiger partial charge on any atom is 0.302 e. The summed E-state index contributed by atoms with van der Waals surface area (Å²) < 4.78 is 4.88. The van der Waals surface area contributed by atoms with Crippen LogP contribution < -0.4 is 4.90 Å². The zero-order valence-corrected chi connectivity index (χ0v) is 12.2. The second kappa shape index (κ2) is 5.69. The fraction of sp³-hybridized carbons (Fsp3) is 0.375. The topological polar surface area (TPSA) is 66.8 Å². The summed E-state index contributed by atoms with van der Waals surface area (Å²) in [6.07, 6.45) is 0. The van der Waals surface area contributed by atoms with E-state index in [1.54, 1.807) is 11.8 Å². The van der Waals surface area contributed by atoms with Crippen molar-refractivity contribution >= 4 is 17.6 Å². The molecule has 0 aliphatic carbocycles. The van der Waals surface area contributed by atoms with Crippen LogP contribution in [0.1, 0.15) is 13.8 Å². The molecule has 1 aliphatic rings. The van der Waals surface area contributed by atoms with Crippen LogP contribution in [0, 0.1) is 5.92 Å². The summed E-state index contributed by atoms with van der Waals surface area (Å²) in [5.74, 6) is -1.16. The molecule has 2 atom stereocenters. The molecule has 1 aromatic carbocycles. The molecule has 1 heterocycles. The van der Waals surface area contributed by atoms with Crippen LogP contribution in [0.3, 0.4) is 0 Å². The average molecular weight is 289 g/mol. The molecule has 0 bridgehead atoms. The molecule has 0 unspecified atom stereocenters. The van der Waals surface area contributed by atoms with Crippen molar-refractivity contribution in [2.75, 3.05) is 18.1 Å². The largest absolute Gasteiger partial charge is 0.463 e. The molecular weight excluding hydrogens is 270 g/mol. The molecule has 112 valence electrons. The van der Waals surface area contributed by atoms with E-state index in [4.69, 9.17) is 4.74 Å². The smallest absolute Gasteiger partial charge is 0.302 e. The third kappa shape index (κ3) is 3.13. The van der Waals surface area contributed by atoms with Crippen LogP contribution >= 0.6 is 0 Å². The molecule has 0 saturated carbocycles. The van der Waals surface area contributed by atoms with Crippen molar-refractivity contribution in [1.29, 1.82) is 0 Å². The van der Waals surface area contributed by atoms with Crippen LogP contribution in [0.2, 0.25) is 0 Å². The lowest BCUT2D eigenvalue weighted by Crippen LogP contribution is -2.42. The summed E-state index contributed by atoms with van der Waals surface area (Å²) >= 11 is 0. The first-order chi connectivity index (χ1) is 9.83. The second-order valence-electron chi connectivity index (χ2n) is 5.47. The first-order valence-corrected chi connectivity index (χ1v) is 6.74. The van der Waals surface area contributed by atoms with Gasteiger partial charge in [0, 0.05) is 30.6 Å². The normalized spacial score (nSPS) is 21.3. The molecule has 1 amide bonds. The Morgan fingerprint density at radius 2 is 2.10 bits per heavy atom. The highest BCUT2D eigenvalue weighted by Crippen LogP contribution is 2.35. The second-order valence-corrected chi connectivity index (χ2v) is 5.47. The van der Waals surface area contributed by atoms with Gasteiger partial charge in [0.1, 0.15) is 12.2 Å². The van der Waals surface area contributed by atoms with Crippen molar-refractivity contribution in [1.82, 2.24) is 0 Å². The summed E-state index contributed by atoms with van der Waals surface area (Å²) in [7, 11) is 0. The van der Waals surface area contributed by atoms with Gasteiger partial charge < -0.3 is 14.7 Å². The Bertz CT molecular complexity index is 565. The predicted octanol–water partition coefficient (Wildman–Crippen LogP) is 1.52. The number of rotatable bonds is 4. The molecule has 1 fully saturated rings. The standard InChI is InChI=1S/C16H19NO4/c1-11-14(16(3,20)10-21-12(2)18)9-17(15(11)19)13-7-5-4-6-8-13/h4-8,14,20H,1,9-10H2,2-3H3/t14-,16-/m0/s1. The highest BCUT2D eigenvalue weighted by Gasteiger charge is 2.45. The summed E-state index contributed by atoms with van der Waals surface area (Å²) in [5.41, 5.74) is -0.243. The van der Waals surface area contributed by atoms with Gasteiger partial charge in [-0.05, 0) is 19.1 Å². The van der Waals surface area contributed by atoms with Crippen LogP contribution in [-0.2, 0) is 14.3 Å². The number of carbonyl (C=O) groups is 2. The lowest BCUT2D eigenvalue weighted by atomic mass is 9.86. The summed E-state index contributed by atoms with van der Waals surface area (Å²) in [6, 6.07) is 9.21. The predicted molar refractivity (Wildman–Crippen MR) is 78.7 cm³/mol. The molecule has 1 aliphatic heterocycles. The molecule has 1 saturated heterocycles. The van der Waals surface area contributed by atoms with E-state index in [1.165, 1.54) is 6.92 Å². The molecule has 1 N–H and O–H groups in total. The fourth-order valence-corrected chi connectivity index (χ4v) is 2.45. The zero-order chi connectivity index (χ0) is 15.6. The van der Waals surface area contributed by atoms with E-state index in [9.17, 15) is 14.7 Å². The molecule has 0 spiro atoms. The molecule has 5 heteroatoms. The minimum atomic E-state index is -1.33. The number of aliphatic hydroxyl groups is 1. The maximum atomic E-state index is 12.3. The third-order valence-electron chi connectivity index (χ3n) is 3.69. The van der Waals surface area contributed by atoms with Crippen LogP contribution in [0.4, 0.5) is 5.69 Å². The van der Waals surface area contributed by atoms with Crippen LogP contribution in [-0.4, -0.2) is 35.7 Å². The van der Waals surface area contributed by atoms with E-state index in [1.807, 2.05) is 30.3 Å². The molecular formula is C16H19NO4. The van der Waals surface area contributed by atoms with E-state index in [0.29, 0.717) is 12.1 Å². The van der Waals surface area contributed by atoms with E-state index >= 15 is 0 Å². The summed E-state index contributed by atoms with van der Waals surface area (Å²) in [4.78, 5) is 24.8. The van der Waals surface area contributed by atoms with Gasteiger partial charge in [0.15, 0.2) is 0 Å². The van der Waals surface area contributed by atoms with Gasteiger partial charge >= 0.3 is 5.97 Å². The summed E-state index contributed by atoms with van der Waals surface area (Å²) in [5, 5.41) is 10.5. The highest BCUT2D eigenvalue weighted by molar-refractivity contribution is 6.08. The average Bonchev–Trinajstić information content (AvgIpc) is 2.75. The minimum Gasteiger partial charge on any atom is -0.463 e. The highest BCUT2D eigenvalue weighted by atomic mass is 16.5. The van der Waals surface area contributed by atoms with Gasteiger partial charge in [0.25, 0.3) is 5.91 Å². The maximum absolute atomic E-state index is 12.3. The Balaban J connectivity index is 2.18. The number of esters is 1. The van der Waals surface area contributed by atoms with Crippen molar-refractivity contribution in [2.45, 2.75) is 19.4 Å². The number of hydrogen-bond donors (Lipinski definition) is 1. The van der Waals surface area contributed by atoms with E-state index in [-0.39, 0.29) is 12.5 Å². The van der Waals surface area contributed by atoms with Gasteiger partial charge in [-0.1, -0.05) is 24.8 Å². The van der Waals surface area contributed by atoms with Crippen LogP contribution in [0.15, 0.2) is 42.5 Å². The van der Waals surface area contributed by atoms with E-state index in [2.05, 4.69) is 6.58 Å². The van der Waals surface area contributed by atoms with Gasteiger partial charge in [-0.3, -0.25) is 9.59 Å². The Morgan fingerprint density at radius 1 is 1.48 bits per heavy atom. The van der Waals surface area contributed by atoms with Gasteiger partial charge in [-0.25, -0.2) is 0 Å². The van der Waals surface area contributed by atoms with E-state index < -0.39 is 17.5 Å². The van der Waals surface area contributed by atoms with Crippen molar-refractivity contribution in [2.24, 2.45) is 5.92 Å². The fourth-order valence-electron chi connectivity index (χ4n) is 2.45. The molecule has 0 aromatic heterocycles. The van der Waals surface area contributed by atoms with Gasteiger partial charge in [-0.2, -0.15) is 0 Å². The van der Waals surface area contributed by atoms with Crippen molar-refractivity contribution in [3.8, 4) is 0 Å². The number of amides is 1. The van der Waals surface area contributed by atoms with Crippen molar-refractivity contribution in [3.05, 3.63) is 42.5 Å². The number of anilines is 1. The zero-order valence-electron chi connectivity index (χ0n) is 12.2. The lowest BCUT2D eigenvalue weighted by Gasteiger charge is -2.29. The quantitative estimate of drug-likeness (QED) is 0.674. The Hall–Kier alpha value is -2.14. The van der Waals surface area contributed by atoms with Crippen LogP contribution in [0.5, 0.6) is 0 Å². The number of ether oxygens (including phenoxy) is 1. The number of carbonyl (C=O) groups excluding carboxylic acids is 2. The van der Waals surface area contributed by atoms with Crippen molar-refractivity contribution < 1.29 is 19.4 Å². The number of hydrogen-bond acceptors (Lipinski definition) is 4. The van der Waals surface area contributed by atoms with Gasteiger partial charge in [-0.15, -0.1) is 0 Å². The SMILES string of the molecule is C=C1C(=O)N(c2ccccc2)C[C@@H]1[C@@](C)(O)COC(C)=O. The molecule has 21 heavy (non-hydrogen) atoms. The van der Waals surface area contributed by atoms with E-state index in [0.717, 1.165) is 5.69 Å². The molecule has 0 radical (unpaired) electrons. The summed E-state index contributed by atoms with van der Waals surface area (Å²) in [6.45, 7) is 6.77. The Labute approximate surface area is 123 Å². The first kappa shape index (κ1) is 15.3. The monoisotopic (exact) mass is 289 g/mol. The first-order valence-electron chi connectivity index (χ1n) is 6.74. The lowest BCUT2D eigenvalue weighted by molar-refractivity contribution is -0.149. The van der Waals surface area contributed by atoms with Crippen molar-refractivity contribution in [3.63, 3.8) is 0 Å². The third-order valence-corrected chi connectivity index (χ3v) is 3.69. The molecule has 5 nitrogen and oxygen atoms in total.